The lowest BCUT2D eigenvalue weighted by Crippen LogP contribution is -2.12. The van der Waals surface area contributed by atoms with Crippen LogP contribution in [0.5, 0.6) is 5.88 Å². The minimum absolute atomic E-state index is 0.0228. The molecule has 4 heteroatoms. The Hall–Kier alpha value is -2.15. The molecule has 1 fully saturated rings. The largest absolute Gasteiger partial charge is 0.481 e. The van der Waals surface area contributed by atoms with Crippen LogP contribution in [0.2, 0.25) is 0 Å². The molecule has 0 aliphatic heterocycles. The number of carbonyl (C=O) groups is 1. The fraction of sp³-hybridized carbons (Fsp3) is 0.400. The van der Waals surface area contributed by atoms with Crippen LogP contribution >= 0.6 is 0 Å². The number of hydrogen-bond acceptors (Lipinski definition) is 4. The summed E-state index contributed by atoms with van der Waals surface area (Å²) in [7, 11) is 1.53. The highest BCUT2D eigenvalue weighted by atomic mass is 16.5. The number of ether oxygens (including phenoxy) is 1. The van der Waals surface area contributed by atoms with E-state index >= 15 is 0 Å². The SMILES string of the molecule is COc1cc(/C=C(\C#N)C(=O)C2CCCC2)ccn1. The van der Waals surface area contributed by atoms with Crippen LogP contribution in [0.4, 0.5) is 0 Å². The van der Waals surface area contributed by atoms with Crippen molar-refractivity contribution in [3.63, 3.8) is 0 Å². The van der Waals surface area contributed by atoms with Crippen LogP contribution in [0, 0.1) is 17.2 Å². The lowest BCUT2D eigenvalue weighted by atomic mass is 9.95. The van der Waals surface area contributed by atoms with E-state index in [0.717, 1.165) is 31.2 Å². The van der Waals surface area contributed by atoms with Gasteiger partial charge in [0, 0.05) is 18.2 Å². The summed E-state index contributed by atoms with van der Waals surface area (Å²) in [5.74, 6) is 0.463. The second kappa shape index (κ2) is 6.14. The lowest BCUT2D eigenvalue weighted by Gasteiger charge is -2.06. The number of rotatable bonds is 4. The van der Waals surface area contributed by atoms with Gasteiger partial charge in [-0.05, 0) is 30.5 Å². The van der Waals surface area contributed by atoms with Crippen LogP contribution in [0.3, 0.4) is 0 Å². The van der Waals surface area contributed by atoms with Crippen LogP contribution in [0.25, 0.3) is 6.08 Å². The molecule has 2 rings (SSSR count). The summed E-state index contributed by atoms with van der Waals surface area (Å²) in [4.78, 5) is 16.2. The Morgan fingerprint density at radius 1 is 1.53 bits per heavy atom. The monoisotopic (exact) mass is 256 g/mol. The average Bonchev–Trinajstić information content (AvgIpc) is 2.98. The molecule has 0 unspecified atom stereocenters. The zero-order valence-electron chi connectivity index (χ0n) is 10.9. The van der Waals surface area contributed by atoms with E-state index in [9.17, 15) is 4.79 Å². The van der Waals surface area contributed by atoms with Crippen molar-refractivity contribution in [2.75, 3.05) is 7.11 Å². The van der Waals surface area contributed by atoms with Crippen LogP contribution in [0.15, 0.2) is 23.9 Å². The maximum Gasteiger partial charge on any atom is 0.213 e. The van der Waals surface area contributed by atoms with Gasteiger partial charge in [0.2, 0.25) is 5.88 Å². The molecule has 0 radical (unpaired) electrons. The van der Waals surface area contributed by atoms with E-state index in [1.165, 1.54) is 7.11 Å². The smallest absolute Gasteiger partial charge is 0.213 e. The van der Waals surface area contributed by atoms with Crippen LogP contribution in [-0.4, -0.2) is 17.9 Å². The van der Waals surface area contributed by atoms with E-state index in [-0.39, 0.29) is 17.3 Å². The number of hydrogen-bond donors (Lipinski definition) is 0. The second-order valence-corrected chi connectivity index (χ2v) is 4.65. The number of pyridine rings is 1. The number of nitrogens with zero attached hydrogens (tertiary/aromatic N) is 2. The molecule has 4 nitrogen and oxygen atoms in total. The molecule has 0 saturated heterocycles. The molecule has 1 aliphatic rings. The van der Waals surface area contributed by atoms with Gasteiger partial charge in [0.1, 0.15) is 6.07 Å². The van der Waals surface area contributed by atoms with Crippen LogP contribution < -0.4 is 4.74 Å². The Bertz CT molecular complexity index is 537. The summed E-state index contributed by atoms with van der Waals surface area (Å²) in [6, 6.07) is 5.47. The maximum absolute atomic E-state index is 12.2. The molecule has 19 heavy (non-hydrogen) atoms. The number of allylic oxidation sites excluding steroid dienone is 1. The van der Waals surface area contributed by atoms with Crippen molar-refractivity contribution in [3.8, 4) is 11.9 Å². The molecule has 1 aromatic rings. The molecule has 0 spiro atoms. The van der Waals surface area contributed by atoms with Gasteiger partial charge < -0.3 is 4.74 Å². The molecule has 0 aromatic carbocycles. The second-order valence-electron chi connectivity index (χ2n) is 4.65. The highest BCUT2D eigenvalue weighted by Crippen LogP contribution is 2.28. The Kier molecular flexibility index (Phi) is 4.30. The summed E-state index contributed by atoms with van der Waals surface area (Å²) in [6.07, 6.45) is 7.18. The molecular weight excluding hydrogens is 240 g/mol. The topological polar surface area (TPSA) is 63.0 Å². The first kappa shape index (κ1) is 13.3. The zero-order valence-corrected chi connectivity index (χ0v) is 10.9. The molecule has 98 valence electrons. The first-order valence-corrected chi connectivity index (χ1v) is 6.40. The van der Waals surface area contributed by atoms with Crippen LogP contribution in [0.1, 0.15) is 31.2 Å². The van der Waals surface area contributed by atoms with Crippen molar-refractivity contribution in [2.24, 2.45) is 5.92 Å². The minimum atomic E-state index is -0.0317. The normalized spacial score (nSPS) is 16.1. The highest BCUT2D eigenvalue weighted by molar-refractivity contribution is 6.04. The van der Waals surface area contributed by atoms with Crippen molar-refractivity contribution in [3.05, 3.63) is 29.5 Å². The minimum Gasteiger partial charge on any atom is -0.481 e. The fourth-order valence-electron chi connectivity index (χ4n) is 2.36. The van der Waals surface area contributed by atoms with Gasteiger partial charge in [-0.15, -0.1) is 0 Å². The van der Waals surface area contributed by atoms with E-state index in [4.69, 9.17) is 10.00 Å². The maximum atomic E-state index is 12.2. The van der Waals surface area contributed by atoms with Gasteiger partial charge in [-0.2, -0.15) is 5.26 Å². The fourth-order valence-corrected chi connectivity index (χ4v) is 2.36. The summed E-state index contributed by atoms with van der Waals surface area (Å²) < 4.78 is 5.02. The molecule has 0 atom stereocenters. The number of nitriles is 1. The Balaban J connectivity index is 2.22. The molecule has 0 bridgehead atoms. The summed E-state index contributed by atoms with van der Waals surface area (Å²) in [5, 5.41) is 9.16. The van der Waals surface area contributed by atoms with Gasteiger partial charge in [-0.3, -0.25) is 4.79 Å². The number of ketones is 1. The Morgan fingerprint density at radius 2 is 2.26 bits per heavy atom. The number of methoxy groups -OCH3 is 1. The van der Waals surface area contributed by atoms with Crippen molar-refractivity contribution >= 4 is 11.9 Å². The predicted octanol–water partition coefficient (Wildman–Crippen LogP) is 2.76. The van der Waals surface area contributed by atoms with Crippen molar-refractivity contribution in [1.29, 1.82) is 5.26 Å². The standard InChI is InChI=1S/C15H16N2O2/c1-19-14-9-11(6-7-17-14)8-13(10-16)15(18)12-4-2-3-5-12/h6-9,12H,2-5H2,1H3/b13-8+. The first-order chi connectivity index (χ1) is 9.24. The van der Waals surface area contributed by atoms with E-state index in [1.54, 1.807) is 24.4 Å². The molecule has 0 amide bonds. The van der Waals surface area contributed by atoms with E-state index < -0.39 is 0 Å². The summed E-state index contributed by atoms with van der Waals surface area (Å²) in [5.41, 5.74) is 0.981. The summed E-state index contributed by atoms with van der Waals surface area (Å²) in [6.45, 7) is 0. The van der Waals surface area contributed by atoms with Gasteiger partial charge in [-0.1, -0.05) is 12.8 Å². The predicted molar refractivity (Wildman–Crippen MR) is 71.3 cm³/mol. The van der Waals surface area contributed by atoms with Gasteiger partial charge in [0.05, 0.1) is 12.7 Å². The number of Topliss-reactive ketones (excluding diaryl/α,β-unsaturated/α-hetero) is 1. The lowest BCUT2D eigenvalue weighted by molar-refractivity contribution is -0.118. The van der Waals surface area contributed by atoms with E-state index in [1.807, 2.05) is 6.07 Å². The number of aromatic nitrogens is 1. The average molecular weight is 256 g/mol. The Labute approximate surface area is 112 Å². The molecule has 1 saturated carbocycles. The molecule has 1 aliphatic carbocycles. The van der Waals surface area contributed by atoms with Gasteiger partial charge >= 0.3 is 0 Å². The first-order valence-electron chi connectivity index (χ1n) is 6.40. The van der Waals surface area contributed by atoms with Gasteiger partial charge in [0.15, 0.2) is 5.78 Å². The third kappa shape index (κ3) is 3.19. The van der Waals surface area contributed by atoms with E-state index in [0.29, 0.717) is 5.88 Å². The zero-order chi connectivity index (χ0) is 13.7. The van der Waals surface area contributed by atoms with Gasteiger partial charge in [-0.25, -0.2) is 4.98 Å². The van der Waals surface area contributed by atoms with Crippen molar-refractivity contribution in [2.45, 2.75) is 25.7 Å². The highest BCUT2D eigenvalue weighted by Gasteiger charge is 2.25. The van der Waals surface area contributed by atoms with E-state index in [2.05, 4.69) is 4.98 Å². The molecule has 1 heterocycles. The molecular formula is C15H16N2O2. The molecule has 0 N–H and O–H groups in total. The summed E-state index contributed by atoms with van der Waals surface area (Å²) >= 11 is 0. The Morgan fingerprint density at radius 3 is 2.89 bits per heavy atom. The third-order valence-corrected chi connectivity index (χ3v) is 3.39. The number of carbonyl (C=O) groups excluding carboxylic acids is 1. The van der Waals surface area contributed by atoms with Gasteiger partial charge in [0.25, 0.3) is 0 Å². The van der Waals surface area contributed by atoms with Crippen molar-refractivity contribution in [1.82, 2.24) is 4.98 Å². The van der Waals surface area contributed by atoms with Crippen molar-refractivity contribution < 1.29 is 9.53 Å². The van der Waals surface area contributed by atoms with Crippen LogP contribution in [-0.2, 0) is 4.79 Å². The quantitative estimate of drug-likeness (QED) is 0.613. The molecule has 1 aromatic heterocycles. The third-order valence-electron chi connectivity index (χ3n) is 3.39.